The first-order chi connectivity index (χ1) is 38.5. The fourth-order valence-corrected chi connectivity index (χ4v) is 9.51. The Morgan fingerprint density at radius 2 is 0.655 bits per heavy atom. The summed E-state index contributed by atoms with van der Waals surface area (Å²) < 4.78 is 343. The van der Waals surface area contributed by atoms with E-state index in [1.54, 1.807) is 18.2 Å². The monoisotopic (exact) mass is 1220 g/mol. The number of benzene rings is 7. The lowest BCUT2D eigenvalue weighted by Crippen LogP contribution is -2.75. The molecule has 0 bridgehead atoms. The molecule has 28 heteroatoms. The molecule has 3 nitrogen and oxygen atoms in total. The molecule has 8 aromatic rings. The summed E-state index contributed by atoms with van der Waals surface area (Å²) in [4.78, 5) is 11.3. The molecule has 1 N–H and O–H groups in total. The molecule has 0 amide bonds. The lowest BCUT2D eigenvalue weighted by molar-refractivity contribution is -0.669. The molecule has 0 saturated carbocycles. The molecule has 0 spiro atoms. The average Bonchev–Trinajstić information content (AvgIpc) is 1.34. The summed E-state index contributed by atoms with van der Waals surface area (Å²) >= 11 is 0. The Bertz CT molecular complexity index is 3280. The van der Waals surface area contributed by atoms with Crippen LogP contribution in [-0.2, 0) is 62.4 Å². The number of alkyl halides is 24. The van der Waals surface area contributed by atoms with Crippen molar-refractivity contribution in [2.45, 2.75) is 62.4 Å². The third-order valence-electron chi connectivity index (χ3n) is 13.2. The van der Waals surface area contributed by atoms with Crippen LogP contribution in [0.2, 0.25) is 0 Å². The van der Waals surface area contributed by atoms with Crippen molar-refractivity contribution in [3.63, 3.8) is 0 Å². The van der Waals surface area contributed by atoms with E-state index >= 15 is 0 Å². The fraction of sp³-hybridized carbons (Fsp3) is 0.179. The van der Waals surface area contributed by atoms with E-state index in [2.05, 4.69) is 59.2 Å². The van der Waals surface area contributed by atoms with Gasteiger partial charge in [0.05, 0.1) is 56.5 Å². The van der Waals surface area contributed by atoms with Crippen molar-refractivity contribution < 1.29 is 120 Å². The van der Waals surface area contributed by atoms with E-state index < -0.39 is 201 Å². The molecule has 0 saturated heterocycles. The second kappa shape index (κ2) is 22.4. The van der Waals surface area contributed by atoms with E-state index in [9.17, 15) is 115 Å². The molecule has 8 rings (SSSR count). The first-order valence-electron chi connectivity index (χ1n) is 23.6. The molecular weight excluding hydrogens is 1190 g/mol. The van der Waals surface area contributed by atoms with Crippen LogP contribution in [0, 0.1) is 0 Å². The van der Waals surface area contributed by atoms with Crippen LogP contribution in [0.4, 0.5) is 105 Å². The van der Waals surface area contributed by atoms with Crippen molar-refractivity contribution in [2.24, 2.45) is 0 Å². The lowest BCUT2D eigenvalue weighted by Gasteiger charge is -2.46. The quantitative estimate of drug-likeness (QED) is 0.0889. The predicted octanol–water partition coefficient (Wildman–Crippen LogP) is 15.7. The van der Waals surface area contributed by atoms with Gasteiger partial charge in [-0.3, -0.25) is 0 Å². The van der Waals surface area contributed by atoms with E-state index in [0.29, 0.717) is 12.0 Å². The molecule has 0 radical (unpaired) electrons. The van der Waals surface area contributed by atoms with E-state index in [0.717, 1.165) is 17.8 Å². The molecule has 7 aromatic carbocycles. The summed E-state index contributed by atoms with van der Waals surface area (Å²) in [6.07, 6.45) is -54.1. The number of hydrogen-bond donors (Lipinski definition) is 1. The number of carboxylic acids is 1. The summed E-state index contributed by atoms with van der Waals surface area (Å²) in [5.41, 5.74) is -25.3. The highest BCUT2D eigenvalue weighted by atomic mass is 19.4. The van der Waals surface area contributed by atoms with Crippen molar-refractivity contribution in [2.75, 3.05) is 0 Å². The zero-order valence-corrected chi connectivity index (χ0v) is 41.5. The highest BCUT2D eigenvalue weighted by Gasteiger charge is 2.47. The minimum atomic E-state index is -6.13. The number of nitrogens with zero attached hydrogens (tertiary/aromatic N) is 1. The van der Waals surface area contributed by atoms with Crippen LogP contribution in [-0.4, -0.2) is 17.2 Å². The van der Waals surface area contributed by atoms with Gasteiger partial charge in [0, 0.05) is 23.1 Å². The zero-order valence-electron chi connectivity index (χ0n) is 41.5. The normalized spacial score (nSPS) is 13.2. The van der Waals surface area contributed by atoms with Gasteiger partial charge in [-0.25, -0.2) is 4.79 Å². The number of aromatic nitrogens is 1. The fourth-order valence-electron chi connectivity index (χ4n) is 9.51. The molecule has 84 heavy (non-hydrogen) atoms. The summed E-state index contributed by atoms with van der Waals surface area (Å²) in [7, 11) is 0. The summed E-state index contributed by atoms with van der Waals surface area (Å²) in [5, 5.41) is 10.5. The number of fused-ring (bicyclic) bond motifs is 1. The summed E-state index contributed by atoms with van der Waals surface area (Å²) in [5.74, 6) is -0.896. The second-order valence-electron chi connectivity index (χ2n) is 18.9. The molecule has 1 aromatic heterocycles. The van der Waals surface area contributed by atoms with Gasteiger partial charge >= 0.3 is 55.4 Å². The van der Waals surface area contributed by atoms with Crippen LogP contribution in [0.5, 0.6) is 0 Å². The number of halogens is 24. The van der Waals surface area contributed by atoms with Crippen molar-refractivity contribution >= 4 is 44.9 Å². The molecule has 0 aliphatic heterocycles. The van der Waals surface area contributed by atoms with Crippen LogP contribution in [0.25, 0.3) is 10.9 Å². The zero-order chi connectivity index (χ0) is 62.6. The number of aromatic carboxylic acids is 1. The van der Waals surface area contributed by atoms with Gasteiger partial charge in [0.25, 0.3) is 0 Å². The topological polar surface area (TPSA) is 41.2 Å². The molecule has 0 atom stereocenters. The molecular formula is C56H32BF24NO2. The maximum atomic E-state index is 14.2. The molecule has 0 fully saturated rings. The SMILES string of the molecule is FC(F)(F)c1cc([B-](c2cc(C(F)(F)F)cc(C(F)(F)F)c2)(c2cc(C(F)(F)F)cc(C(F)(F)F)c2)c2cc(C(F)(F)F)cc(C(F)(F)F)c2)cc(C(F)(F)F)c1.O=C(O)c1cccc(Cc2ccc3ccccc3[n+]2Cc2ccccc2)c1. The van der Waals surface area contributed by atoms with Crippen molar-refractivity contribution in [1.29, 1.82) is 0 Å². The third kappa shape index (κ3) is 14.2. The molecule has 0 unspecified atom stereocenters. The highest BCUT2D eigenvalue weighted by Crippen LogP contribution is 2.41. The molecule has 0 aliphatic rings. The van der Waals surface area contributed by atoms with Crippen LogP contribution in [0.15, 0.2) is 164 Å². The maximum absolute atomic E-state index is 14.2. The van der Waals surface area contributed by atoms with Crippen LogP contribution >= 0.6 is 0 Å². The Hall–Kier alpha value is -8.20. The van der Waals surface area contributed by atoms with Gasteiger partial charge in [-0.05, 0) is 54.1 Å². The molecule has 0 aliphatic carbocycles. The van der Waals surface area contributed by atoms with Crippen LogP contribution in [0.3, 0.4) is 0 Å². The standard InChI is InChI=1S/C32H12BF24.C24H19NO2/c34-25(35,36)13-1-14(26(37,38)39)6-21(5-13)33(22-7-15(27(40,41)42)2-16(8-22)28(43,44)45,23-9-17(29(46,47)48)3-18(10-23)30(49,50)51)24-11-19(31(52,53)54)4-20(12-24)32(55,56)57;26-24(27)21-11-6-9-19(15-21)16-22-14-13-20-10-4-5-12-23(20)25(22)17-18-7-2-1-3-8-18/h1-12H;1-15H,16-17H2/q-1;/p+1. The smallest absolute Gasteiger partial charge is 0.416 e. The van der Waals surface area contributed by atoms with E-state index in [1.165, 1.54) is 16.5 Å². The van der Waals surface area contributed by atoms with Gasteiger partial charge in [0.2, 0.25) is 5.52 Å². The highest BCUT2D eigenvalue weighted by molar-refractivity contribution is 7.20. The minimum Gasteiger partial charge on any atom is -0.478 e. The van der Waals surface area contributed by atoms with Gasteiger partial charge in [-0.1, -0.05) is 103 Å². The second-order valence-corrected chi connectivity index (χ2v) is 18.9. The third-order valence-corrected chi connectivity index (χ3v) is 13.2. The Morgan fingerprint density at radius 3 is 0.976 bits per heavy atom. The summed E-state index contributed by atoms with van der Waals surface area (Å²) in [6, 6.07) is 21.4. The average molecular weight is 1220 g/mol. The first kappa shape index (κ1) is 63.4. The maximum Gasteiger partial charge on any atom is 0.416 e. The number of rotatable bonds is 9. The van der Waals surface area contributed by atoms with Gasteiger partial charge < -0.3 is 5.11 Å². The van der Waals surface area contributed by atoms with E-state index in [4.69, 9.17) is 0 Å². The number of carbonyl (C=O) groups is 1. The lowest BCUT2D eigenvalue weighted by atomic mass is 9.12. The Morgan fingerprint density at radius 1 is 0.345 bits per heavy atom. The van der Waals surface area contributed by atoms with Crippen molar-refractivity contribution in [1.82, 2.24) is 0 Å². The van der Waals surface area contributed by atoms with Crippen LogP contribution in [0.1, 0.15) is 71.7 Å². The molecule has 1 heterocycles. The van der Waals surface area contributed by atoms with Gasteiger partial charge in [-0.15, -0.1) is 0 Å². The first-order valence-corrected chi connectivity index (χ1v) is 23.6. The van der Waals surface area contributed by atoms with Gasteiger partial charge in [0.15, 0.2) is 12.2 Å². The van der Waals surface area contributed by atoms with E-state index in [-0.39, 0.29) is 0 Å². The van der Waals surface area contributed by atoms with Crippen molar-refractivity contribution in [3.05, 3.63) is 231 Å². The van der Waals surface area contributed by atoms with Gasteiger partial charge in [0.1, 0.15) is 6.15 Å². The number of carboxylic acid groups (broad SMARTS) is 1. The Kier molecular flexibility index (Phi) is 16.9. The molecule has 444 valence electrons. The minimum absolute atomic E-state index is 0.322. The largest absolute Gasteiger partial charge is 0.478 e. The predicted molar refractivity (Wildman–Crippen MR) is 256 cm³/mol. The Balaban J connectivity index is 0.000000309. The number of para-hydroxylation sites is 1. The Labute approximate surface area is 456 Å². The number of pyridine rings is 1. The number of hydrogen-bond acceptors (Lipinski definition) is 1. The van der Waals surface area contributed by atoms with E-state index in [1.807, 2.05) is 18.2 Å². The van der Waals surface area contributed by atoms with Crippen LogP contribution < -0.4 is 26.4 Å². The summed E-state index contributed by atoms with van der Waals surface area (Å²) in [6.45, 7) is 0.774. The van der Waals surface area contributed by atoms with Crippen molar-refractivity contribution in [3.8, 4) is 0 Å². The van der Waals surface area contributed by atoms with Gasteiger partial charge in [-0.2, -0.15) is 132 Å².